The summed E-state index contributed by atoms with van der Waals surface area (Å²) in [6.45, 7) is 5.98. The molecule has 0 radical (unpaired) electrons. The maximum Gasteiger partial charge on any atom is 0.0706 e. The summed E-state index contributed by atoms with van der Waals surface area (Å²) >= 11 is 0. The molecule has 0 amide bonds. The minimum absolute atomic E-state index is 0.0243. The van der Waals surface area contributed by atoms with Gasteiger partial charge in [0, 0.05) is 6.04 Å². The SMILES string of the molecule is CC(C)N[C@H](c1ccccc1)[C@H](C)O. The predicted molar refractivity (Wildman–Crippen MR) is 59.1 cm³/mol. The van der Waals surface area contributed by atoms with E-state index >= 15 is 0 Å². The van der Waals surface area contributed by atoms with Gasteiger partial charge in [0.25, 0.3) is 0 Å². The normalized spacial score (nSPS) is 15.5. The number of nitrogens with one attached hydrogen (secondary N) is 1. The van der Waals surface area contributed by atoms with E-state index in [0.29, 0.717) is 6.04 Å². The summed E-state index contributed by atoms with van der Waals surface area (Å²) in [6, 6.07) is 10.4. The highest BCUT2D eigenvalue weighted by molar-refractivity contribution is 5.19. The van der Waals surface area contributed by atoms with Crippen molar-refractivity contribution in [1.82, 2.24) is 5.32 Å². The zero-order chi connectivity index (χ0) is 10.6. The van der Waals surface area contributed by atoms with E-state index < -0.39 is 0 Å². The van der Waals surface area contributed by atoms with Crippen molar-refractivity contribution in [2.45, 2.75) is 39.0 Å². The van der Waals surface area contributed by atoms with Crippen LogP contribution in [0.25, 0.3) is 0 Å². The molecule has 0 fully saturated rings. The highest BCUT2D eigenvalue weighted by Crippen LogP contribution is 2.16. The number of rotatable bonds is 4. The molecule has 2 atom stereocenters. The van der Waals surface area contributed by atoms with Crippen LogP contribution in [-0.4, -0.2) is 17.3 Å². The molecular formula is C12H19NO. The molecule has 0 spiro atoms. The van der Waals surface area contributed by atoms with Gasteiger partial charge in [-0.05, 0) is 12.5 Å². The van der Waals surface area contributed by atoms with Crippen LogP contribution >= 0.6 is 0 Å². The first-order chi connectivity index (χ1) is 6.61. The topological polar surface area (TPSA) is 32.3 Å². The zero-order valence-corrected chi connectivity index (χ0v) is 9.07. The Labute approximate surface area is 86.0 Å². The lowest BCUT2D eigenvalue weighted by Gasteiger charge is -2.24. The van der Waals surface area contributed by atoms with Gasteiger partial charge in [-0.15, -0.1) is 0 Å². The second-order valence-electron chi connectivity index (χ2n) is 3.95. The van der Waals surface area contributed by atoms with E-state index in [1.807, 2.05) is 37.3 Å². The van der Waals surface area contributed by atoms with Gasteiger partial charge in [0.15, 0.2) is 0 Å². The van der Waals surface area contributed by atoms with Gasteiger partial charge in [-0.3, -0.25) is 0 Å². The largest absolute Gasteiger partial charge is 0.391 e. The van der Waals surface area contributed by atoms with Crippen molar-refractivity contribution in [3.05, 3.63) is 35.9 Å². The fraction of sp³-hybridized carbons (Fsp3) is 0.500. The molecule has 2 N–H and O–H groups in total. The Morgan fingerprint density at radius 1 is 1.07 bits per heavy atom. The zero-order valence-electron chi connectivity index (χ0n) is 9.07. The van der Waals surface area contributed by atoms with Crippen LogP contribution in [0.2, 0.25) is 0 Å². The minimum Gasteiger partial charge on any atom is -0.391 e. The second kappa shape index (κ2) is 5.13. The summed E-state index contributed by atoms with van der Waals surface area (Å²) in [5, 5.41) is 13.0. The fourth-order valence-electron chi connectivity index (χ4n) is 1.53. The molecule has 0 aliphatic rings. The molecule has 2 heteroatoms. The standard InChI is InChI=1S/C12H19NO/c1-9(2)13-12(10(3)14)11-7-5-4-6-8-11/h4-10,12-14H,1-3H3/t10-,12-/m0/s1. The Hall–Kier alpha value is -0.860. The molecule has 1 aromatic carbocycles. The van der Waals surface area contributed by atoms with E-state index in [1.165, 1.54) is 0 Å². The molecular weight excluding hydrogens is 174 g/mol. The van der Waals surface area contributed by atoms with Crippen molar-refractivity contribution >= 4 is 0 Å². The lowest BCUT2D eigenvalue weighted by molar-refractivity contribution is 0.140. The van der Waals surface area contributed by atoms with Crippen LogP contribution in [0.4, 0.5) is 0 Å². The van der Waals surface area contributed by atoms with Crippen molar-refractivity contribution in [3.8, 4) is 0 Å². The molecule has 0 aliphatic carbocycles. The smallest absolute Gasteiger partial charge is 0.0706 e. The van der Waals surface area contributed by atoms with Crippen molar-refractivity contribution in [2.24, 2.45) is 0 Å². The summed E-state index contributed by atoms with van der Waals surface area (Å²) in [7, 11) is 0. The Morgan fingerprint density at radius 2 is 1.64 bits per heavy atom. The maximum absolute atomic E-state index is 9.65. The molecule has 0 unspecified atom stereocenters. The van der Waals surface area contributed by atoms with Gasteiger partial charge in [-0.25, -0.2) is 0 Å². The Bertz CT molecular complexity index is 256. The van der Waals surface area contributed by atoms with Crippen molar-refractivity contribution in [3.63, 3.8) is 0 Å². The van der Waals surface area contributed by atoms with Gasteiger partial charge < -0.3 is 10.4 Å². The predicted octanol–water partition coefficient (Wildman–Crippen LogP) is 2.11. The molecule has 14 heavy (non-hydrogen) atoms. The van der Waals surface area contributed by atoms with E-state index in [1.54, 1.807) is 0 Å². The van der Waals surface area contributed by atoms with E-state index in [-0.39, 0.29) is 12.1 Å². The minimum atomic E-state index is -0.375. The number of hydrogen-bond acceptors (Lipinski definition) is 2. The third kappa shape index (κ3) is 3.13. The van der Waals surface area contributed by atoms with E-state index in [0.717, 1.165) is 5.56 Å². The summed E-state index contributed by atoms with van der Waals surface area (Å²) in [5.41, 5.74) is 1.14. The van der Waals surface area contributed by atoms with E-state index in [2.05, 4.69) is 19.2 Å². The molecule has 1 aromatic rings. The molecule has 0 saturated heterocycles. The summed E-state index contributed by atoms with van der Waals surface area (Å²) < 4.78 is 0. The molecule has 0 aliphatic heterocycles. The molecule has 2 nitrogen and oxygen atoms in total. The molecule has 0 aromatic heterocycles. The van der Waals surface area contributed by atoms with Crippen LogP contribution in [-0.2, 0) is 0 Å². The van der Waals surface area contributed by atoms with Gasteiger partial charge in [-0.1, -0.05) is 44.2 Å². The number of benzene rings is 1. The lowest BCUT2D eigenvalue weighted by atomic mass is 10.0. The first kappa shape index (κ1) is 11.2. The number of aliphatic hydroxyl groups excluding tert-OH is 1. The van der Waals surface area contributed by atoms with E-state index in [9.17, 15) is 5.11 Å². The Balaban J connectivity index is 2.78. The lowest BCUT2D eigenvalue weighted by Crippen LogP contribution is -2.34. The molecule has 0 heterocycles. The fourth-order valence-corrected chi connectivity index (χ4v) is 1.53. The summed E-state index contributed by atoms with van der Waals surface area (Å²) in [5.74, 6) is 0. The monoisotopic (exact) mass is 193 g/mol. The van der Waals surface area contributed by atoms with Crippen LogP contribution in [0.1, 0.15) is 32.4 Å². The molecule has 0 saturated carbocycles. The Kier molecular flexibility index (Phi) is 4.11. The first-order valence-electron chi connectivity index (χ1n) is 5.10. The van der Waals surface area contributed by atoms with Gasteiger partial charge in [0.05, 0.1) is 12.1 Å². The van der Waals surface area contributed by atoms with Crippen molar-refractivity contribution in [2.75, 3.05) is 0 Å². The van der Waals surface area contributed by atoms with Crippen LogP contribution < -0.4 is 5.32 Å². The number of hydrogen-bond donors (Lipinski definition) is 2. The Morgan fingerprint density at radius 3 is 2.07 bits per heavy atom. The van der Waals surface area contributed by atoms with Crippen LogP contribution in [0, 0.1) is 0 Å². The van der Waals surface area contributed by atoms with Crippen LogP contribution in [0.15, 0.2) is 30.3 Å². The molecule has 0 bridgehead atoms. The van der Waals surface area contributed by atoms with Crippen molar-refractivity contribution < 1.29 is 5.11 Å². The maximum atomic E-state index is 9.65. The van der Waals surface area contributed by atoms with Crippen LogP contribution in [0.5, 0.6) is 0 Å². The summed E-state index contributed by atoms with van der Waals surface area (Å²) in [4.78, 5) is 0. The third-order valence-corrected chi connectivity index (χ3v) is 2.15. The highest BCUT2D eigenvalue weighted by atomic mass is 16.3. The van der Waals surface area contributed by atoms with Crippen molar-refractivity contribution in [1.29, 1.82) is 0 Å². The van der Waals surface area contributed by atoms with Gasteiger partial charge in [-0.2, -0.15) is 0 Å². The van der Waals surface area contributed by atoms with Gasteiger partial charge >= 0.3 is 0 Å². The quantitative estimate of drug-likeness (QED) is 0.767. The van der Waals surface area contributed by atoms with Crippen LogP contribution in [0.3, 0.4) is 0 Å². The second-order valence-corrected chi connectivity index (χ2v) is 3.95. The summed E-state index contributed by atoms with van der Waals surface area (Å²) in [6.07, 6.45) is -0.375. The average Bonchev–Trinajstić information content (AvgIpc) is 2.15. The number of aliphatic hydroxyl groups is 1. The average molecular weight is 193 g/mol. The van der Waals surface area contributed by atoms with E-state index in [4.69, 9.17) is 0 Å². The molecule has 78 valence electrons. The molecule has 1 rings (SSSR count). The highest BCUT2D eigenvalue weighted by Gasteiger charge is 2.16. The first-order valence-corrected chi connectivity index (χ1v) is 5.10. The van der Waals surface area contributed by atoms with Gasteiger partial charge in [0.1, 0.15) is 0 Å². The van der Waals surface area contributed by atoms with Gasteiger partial charge in [0.2, 0.25) is 0 Å². The third-order valence-electron chi connectivity index (χ3n) is 2.15.